The second-order valence-corrected chi connectivity index (χ2v) is 8.97. The van der Waals surface area contributed by atoms with Gasteiger partial charge in [0.05, 0.1) is 6.61 Å². The maximum Gasteiger partial charge on any atom is 0.410 e. The number of carbonyl (C=O) groups is 1. The normalized spacial score (nSPS) is 23.3. The molecule has 2 aliphatic rings. The summed E-state index contributed by atoms with van der Waals surface area (Å²) in [5, 5.41) is 9.13. The SMILES string of the molecule is CC(C)(C)OC(=O)N1CCN(C2CCC(COc3ccncc3C#N)CC2)CC1. The zero-order valence-corrected chi connectivity index (χ0v) is 17.8. The minimum atomic E-state index is -0.445. The molecular weight excluding hydrogens is 368 g/mol. The van der Waals surface area contributed by atoms with Crippen LogP contribution in [0.1, 0.15) is 52.0 Å². The minimum Gasteiger partial charge on any atom is -0.492 e. The Hall–Kier alpha value is -2.33. The van der Waals surface area contributed by atoms with Crippen molar-refractivity contribution in [3.05, 3.63) is 24.0 Å². The van der Waals surface area contributed by atoms with Crippen molar-refractivity contribution in [2.75, 3.05) is 32.8 Å². The molecule has 0 spiro atoms. The smallest absolute Gasteiger partial charge is 0.410 e. The Balaban J connectivity index is 1.39. The van der Waals surface area contributed by atoms with E-state index in [1.165, 1.54) is 0 Å². The number of nitrogens with zero attached hydrogens (tertiary/aromatic N) is 4. The van der Waals surface area contributed by atoms with Gasteiger partial charge in [-0.3, -0.25) is 9.88 Å². The lowest BCUT2D eigenvalue weighted by atomic mass is 9.85. The summed E-state index contributed by atoms with van der Waals surface area (Å²) in [6.45, 7) is 9.64. The van der Waals surface area contributed by atoms with Crippen molar-refractivity contribution in [2.24, 2.45) is 5.92 Å². The highest BCUT2D eigenvalue weighted by Gasteiger charge is 2.31. The number of aromatic nitrogens is 1. The first kappa shape index (κ1) is 21.4. The van der Waals surface area contributed by atoms with E-state index in [1.54, 1.807) is 18.5 Å². The van der Waals surface area contributed by atoms with E-state index in [4.69, 9.17) is 14.7 Å². The fourth-order valence-electron chi connectivity index (χ4n) is 4.07. The predicted octanol–water partition coefficient (Wildman–Crippen LogP) is 3.44. The molecule has 0 radical (unpaired) electrons. The van der Waals surface area contributed by atoms with E-state index >= 15 is 0 Å². The number of nitriles is 1. The number of ether oxygens (including phenoxy) is 2. The molecule has 158 valence electrons. The van der Waals surface area contributed by atoms with Crippen LogP contribution in [-0.4, -0.2) is 65.3 Å². The van der Waals surface area contributed by atoms with Crippen LogP contribution in [0.3, 0.4) is 0 Å². The first-order valence-corrected chi connectivity index (χ1v) is 10.5. The second kappa shape index (κ2) is 9.45. The topological polar surface area (TPSA) is 78.7 Å². The van der Waals surface area contributed by atoms with E-state index in [9.17, 15) is 4.79 Å². The third kappa shape index (κ3) is 6.07. The van der Waals surface area contributed by atoms with Gasteiger partial charge in [0, 0.05) is 44.6 Å². The highest BCUT2D eigenvalue weighted by atomic mass is 16.6. The molecule has 0 atom stereocenters. The Bertz CT molecular complexity index is 724. The molecule has 1 aliphatic carbocycles. The first-order chi connectivity index (χ1) is 13.9. The third-order valence-electron chi connectivity index (χ3n) is 5.67. The van der Waals surface area contributed by atoms with Crippen LogP contribution in [0.4, 0.5) is 4.79 Å². The van der Waals surface area contributed by atoms with Gasteiger partial charge in [0.1, 0.15) is 23.0 Å². The standard InChI is InChI=1S/C22H32N4O3/c1-22(2,3)29-21(27)26-12-10-25(11-13-26)19-6-4-17(5-7-19)16-28-20-8-9-24-15-18(20)14-23/h8-9,15,17,19H,4-7,10-13,16H2,1-3H3. The lowest BCUT2D eigenvalue weighted by Gasteiger charge is -2.42. The largest absolute Gasteiger partial charge is 0.492 e. The number of rotatable bonds is 4. The van der Waals surface area contributed by atoms with E-state index in [1.807, 2.05) is 25.7 Å². The summed E-state index contributed by atoms with van der Waals surface area (Å²) in [6, 6.07) is 4.47. The van der Waals surface area contributed by atoms with Crippen molar-refractivity contribution < 1.29 is 14.3 Å². The lowest BCUT2D eigenvalue weighted by Crippen LogP contribution is -2.53. The fourth-order valence-corrected chi connectivity index (χ4v) is 4.07. The molecule has 1 amide bonds. The summed E-state index contributed by atoms with van der Waals surface area (Å²) < 4.78 is 11.4. The van der Waals surface area contributed by atoms with Gasteiger partial charge in [-0.2, -0.15) is 5.26 Å². The molecule has 7 nitrogen and oxygen atoms in total. The summed E-state index contributed by atoms with van der Waals surface area (Å²) in [7, 11) is 0. The summed E-state index contributed by atoms with van der Waals surface area (Å²) in [4.78, 5) is 20.5. The van der Waals surface area contributed by atoms with Gasteiger partial charge in [-0.15, -0.1) is 0 Å². The van der Waals surface area contributed by atoms with Gasteiger partial charge in [0.2, 0.25) is 0 Å². The molecule has 1 aliphatic heterocycles. The molecule has 3 rings (SSSR count). The number of hydrogen-bond donors (Lipinski definition) is 0. The Labute approximate surface area is 173 Å². The molecule has 2 heterocycles. The second-order valence-electron chi connectivity index (χ2n) is 8.97. The van der Waals surface area contributed by atoms with Gasteiger partial charge in [0.15, 0.2) is 0 Å². The summed E-state index contributed by atoms with van der Waals surface area (Å²) in [6.07, 6.45) is 7.57. The van der Waals surface area contributed by atoms with Crippen LogP contribution in [0.2, 0.25) is 0 Å². The molecule has 0 aromatic carbocycles. The molecule has 1 saturated carbocycles. The Kier molecular flexibility index (Phi) is 6.96. The van der Waals surface area contributed by atoms with E-state index in [0.717, 1.165) is 51.9 Å². The zero-order valence-electron chi connectivity index (χ0n) is 17.8. The molecule has 2 fully saturated rings. The molecule has 1 saturated heterocycles. The fraction of sp³-hybridized carbons (Fsp3) is 0.682. The summed E-state index contributed by atoms with van der Waals surface area (Å²) >= 11 is 0. The molecule has 0 unspecified atom stereocenters. The number of hydrogen-bond acceptors (Lipinski definition) is 6. The first-order valence-electron chi connectivity index (χ1n) is 10.5. The van der Waals surface area contributed by atoms with Crippen molar-refractivity contribution in [1.29, 1.82) is 5.26 Å². The molecule has 29 heavy (non-hydrogen) atoms. The molecule has 0 N–H and O–H groups in total. The Morgan fingerprint density at radius 3 is 2.52 bits per heavy atom. The quantitative estimate of drug-likeness (QED) is 0.770. The molecule has 0 bridgehead atoms. The molecule has 1 aromatic rings. The minimum absolute atomic E-state index is 0.203. The highest BCUT2D eigenvalue weighted by Crippen LogP contribution is 2.29. The van der Waals surface area contributed by atoms with Gasteiger partial charge < -0.3 is 14.4 Å². The highest BCUT2D eigenvalue weighted by molar-refractivity contribution is 5.68. The molecular formula is C22H32N4O3. The van der Waals surface area contributed by atoms with E-state index in [2.05, 4.69) is 16.0 Å². The van der Waals surface area contributed by atoms with E-state index < -0.39 is 5.60 Å². The molecule has 1 aromatic heterocycles. The monoisotopic (exact) mass is 400 g/mol. The lowest BCUT2D eigenvalue weighted by molar-refractivity contribution is 0.00653. The third-order valence-corrected chi connectivity index (χ3v) is 5.67. The molecule has 7 heteroatoms. The van der Waals surface area contributed by atoms with E-state index in [0.29, 0.717) is 29.9 Å². The zero-order chi connectivity index (χ0) is 20.9. The van der Waals surface area contributed by atoms with Crippen molar-refractivity contribution in [3.8, 4) is 11.8 Å². The van der Waals surface area contributed by atoms with Crippen molar-refractivity contribution in [2.45, 2.75) is 58.1 Å². The number of pyridine rings is 1. The maximum absolute atomic E-state index is 12.2. The van der Waals surface area contributed by atoms with Crippen molar-refractivity contribution >= 4 is 6.09 Å². The van der Waals surface area contributed by atoms with Gasteiger partial charge in [-0.1, -0.05) is 0 Å². The van der Waals surface area contributed by atoms with Gasteiger partial charge in [-0.05, 0) is 58.4 Å². The van der Waals surface area contributed by atoms with Crippen LogP contribution in [0.15, 0.2) is 18.5 Å². The number of amides is 1. The van der Waals surface area contributed by atoms with Crippen LogP contribution >= 0.6 is 0 Å². The average molecular weight is 401 g/mol. The van der Waals surface area contributed by atoms with Crippen LogP contribution in [-0.2, 0) is 4.74 Å². The summed E-state index contributed by atoms with van der Waals surface area (Å²) in [5.74, 6) is 1.15. The number of piperazine rings is 1. The van der Waals surface area contributed by atoms with Gasteiger partial charge >= 0.3 is 6.09 Å². The predicted molar refractivity (Wildman–Crippen MR) is 110 cm³/mol. The van der Waals surface area contributed by atoms with Gasteiger partial charge in [0.25, 0.3) is 0 Å². The maximum atomic E-state index is 12.2. The van der Waals surface area contributed by atoms with E-state index in [-0.39, 0.29) is 6.09 Å². The average Bonchev–Trinajstić information content (AvgIpc) is 2.72. The summed E-state index contributed by atoms with van der Waals surface area (Å²) in [5.41, 5.74) is 0.0444. The van der Waals surface area contributed by atoms with Crippen LogP contribution in [0, 0.1) is 17.2 Å². The van der Waals surface area contributed by atoms with Crippen LogP contribution in [0.25, 0.3) is 0 Å². The van der Waals surface area contributed by atoms with Crippen molar-refractivity contribution in [3.63, 3.8) is 0 Å². The van der Waals surface area contributed by atoms with Crippen LogP contribution in [0.5, 0.6) is 5.75 Å². The van der Waals surface area contributed by atoms with Gasteiger partial charge in [-0.25, -0.2) is 4.79 Å². The Morgan fingerprint density at radius 2 is 1.90 bits per heavy atom. The Morgan fingerprint density at radius 1 is 1.21 bits per heavy atom. The van der Waals surface area contributed by atoms with Crippen molar-refractivity contribution in [1.82, 2.24) is 14.8 Å². The number of carbonyl (C=O) groups excluding carboxylic acids is 1. The van der Waals surface area contributed by atoms with Crippen LogP contribution < -0.4 is 4.74 Å².